The normalized spacial score (nSPS) is 14.2. The lowest BCUT2D eigenvalue weighted by molar-refractivity contribution is -0.116. The number of nitrogens with one attached hydrogen (secondary N) is 1. The van der Waals surface area contributed by atoms with E-state index in [0.29, 0.717) is 27.9 Å². The van der Waals surface area contributed by atoms with E-state index in [1.165, 1.54) is 11.3 Å². The third kappa shape index (κ3) is 3.21. The molecule has 0 unspecified atom stereocenters. The second kappa shape index (κ2) is 7.31. The number of hydrogen-bond acceptors (Lipinski definition) is 6. The summed E-state index contributed by atoms with van der Waals surface area (Å²) in [5.74, 6) is 1.06. The zero-order chi connectivity index (χ0) is 20.7. The first-order valence-electron chi connectivity index (χ1n) is 9.36. The van der Waals surface area contributed by atoms with Crippen LogP contribution < -0.4 is 14.8 Å². The summed E-state index contributed by atoms with van der Waals surface area (Å²) in [5.41, 5.74) is 3.69. The number of benzene rings is 2. The maximum absolute atomic E-state index is 12.5. The summed E-state index contributed by atoms with van der Waals surface area (Å²) in [6.07, 6.45) is 0.150. The first kappa shape index (κ1) is 18.4. The van der Waals surface area contributed by atoms with Crippen molar-refractivity contribution in [1.29, 1.82) is 0 Å². The number of carbonyl (C=O) groups is 2. The van der Waals surface area contributed by atoms with Crippen molar-refractivity contribution in [2.75, 3.05) is 18.7 Å². The van der Waals surface area contributed by atoms with Crippen LogP contribution in [0, 0.1) is 0 Å². The van der Waals surface area contributed by atoms with E-state index >= 15 is 0 Å². The molecule has 0 saturated carbocycles. The van der Waals surface area contributed by atoms with E-state index in [1.54, 1.807) is 11.0 Å². The third-order valence-corrected chi connectivity index (χ3v) is 5.78. The van der Waals surface area contributed by atoms with Gasteiger partial charge in [0.1, 0.15) is 0 Å². The average molecular weight is 419 g/mol. The molecule has 3 aromatic rings. The van der Waals surface area contributed by atoms with E-state index < -0.39 is 0 Å². The van der Waals surface area contributed by atoms with E-state index in [0.717, 1.165) is 16.8 Å². The van der Waals surface area contributed by atoms with Gasteiger partial charge in [0.05, 0.1) is 5.69 Å². The van der Waals surface area contributed by atoms with Crippen molar-refractivity contribution in [1.82, 2.24) is 9.88 Å². The Bertz CT molecular complexity index is 1150. The molecule has 2 aliphatic heterocycles. The van der Waals surface area contributed by atoms with Gasteiger partial charge in [-0.3, -0.25) is 9.59 Å². The van der Waals surface area contributed by atoms with Crippen LogP contribution in [-0.2, 0) is 4.79 Å². The van der Waals surface area contributed by atoms with E-state index in [4.69, 9.17) is 9.47 Å². The van der Waals surface area contributed by atoms with Gasteiger partial charge < -0.3 is 19.7 Å². The number of carbonyl (C=O) groups excluding carboxylic acids is 2. The highest BCUT2D eigenvalue weighted by atomic mass is 32.1. The average Bonchev–Trinajstić information content (AvgIpc) is 3.46. The van der Waals surface area contributed by atoms with Crippen molar-refractivity contribution < 1.29 is 19.1 Å². The Morgan fingerprint density at radius 2 is 1.97 bits per heavy atom. The van der Waals surface area contributed by atoms with Gasteiger partial charge in [-0.25, -0.2) is 4.98 Å². The minimum absolute atomic E-state index is 0.122. The van der Waals surface area contributed by atoms with Gasteiger partial charge in [0.25, 0.3) is 5.91 Å². The molecule has 8 heteroatoms. The van der Waals surface area contributed by atoms with E-state index in [9.17, 15) is 9.59 Å². The fourth-order valence-electron chi connectivity index (χ4n) is 3.49. The second-order valence-corrected chi connectivity index (χ2v) is 7.71. The molecular weight excluding hydrogens is 402 g/mol. The molecular formula is C22H17N3O4S. The summed E-state index contributed by atoms with van der Waals surface area (Å²) in [4.78, 5) is 31.0. The largest absolute Gasteiger partial charge is 0.454 e. The van der Waals surface area contributed by atoms with Crippen LogP contribution in [0.3, 0.4) is 0 Å². The molecule has 0 saturated heterocycles. The zero-order valence-electron chi connectivity index (χ0n) is 15.9. The molecule has 30 heavy (non-hydrogen) atoms. The molecule has 1 N–H and O–H groups in total. The van der Waals surface area contributed by atoms with Crippen LogP contribution in [0.1, 0.15) is 22.3 Å². The lowest BCUT2D eigenvalue weighted by Gasteiger charge is -2.16. The molecule has 1 aromatic heterocycles. The Labute approximate surface area is 176 Å². The number of aromatic nitrogens is 1. The van der Waals surface area contributed by atoms with Gasteiger partial charge >= 0.3 is 0 Å². The van der Waals surface area contributed by atoms with E-state index in [-0.39, 0.29) is 31.6 Å². The van der Waals surface area contributed by atoms with Gasteiger partial charge in [-0.1, -0.05) is 24.8 Å². The Kier molecular flexibility index (Phi) is 4.48. The first-order chi connectivity index (χ1) is 14.6. The van der Waals surface area contributed by atoms with Crippen LogP contribution in [0.2, 0.25) is 0 Å². The van der Waals surface area contributed by atoms with Crippen LogP contribution in [0.4, 0.5) is 5.13 Å². The Morgan fingerprint density at radius 3 is 2.80 bits per heavy atom. The molecule has 0 bridgehead atoms. The fraction of sp³-hybridized carbons (Fsp3) is 0.136. The summed E-state index contributed by atoms with van der Waals surface area (Å²) in [6, 6.07) is 12.9. The van der Waals surface area contributed by atoms with Gasteiger partial charge in [-0.2, -0.15) is 0 Å². The number of anilines is 1. The summed E-state index contributed by atoms with van der Waals surface area (Å²) >= 11 is 1.34. The molecule has 0 atom stereocenters. The predicted octanol–water partition coefficient (Wildman–Crippen LogP) is 3.99. The third-order valence-electron chi connectivity index (χ3n) is 5.02. The van der Waals surface area contributed by atoms with Crippen LogP contribution in [0.5, 0.6) is 11.5 Å². The molecule has 2 aromatic carbocycles. The SMILES string of the molecule is C=C1c2ccccc2C(=O)N1CCC(=O)Nc1nc(-c2ccc3c(c2)OCO3)cs1. The molecule has 0 aliphatic carbocycles. The second-order valence-electron chi connectivity index (χ2n) is 6.85. The number of hydrogen-bond donors (Lipinski definition) is 1. The molecule has 0 fully saturated rings. The van der Waals surface area contributed by atoms with E-state index in [1.807, 2.05) is 41.8 Å². The van der Waals surface area contributed by atoms with Crippen molar-refractivity contribution in [3.05, 3.63) is 65.6 Å². The number of ether oxygens (including phenoxy) is 2. The van der Waals surface area contributed by atoms with Crippen LogP contribution in [0.25, 0.3) is 17.0 Å². The number of amides is 2. The summed E-state index contributed by atoms with van der Waals surface area (Å²) in [7, 11) is 0. The van der Waals surface area contributed by atoms with Crippen molar-refractivity contribution in [2.24, 2.45) is 0 Å². The van der Waals surface area contributed by atoms with E-state index in [2.05, 4.69) is 16.9 Å². The van der Waals surface area contributed by atoms with Gasteiger partial charge in [0, 0.05) is 40.7 Å². The summed E-state index contributed by atoms with van der Waals surface area (Å²) < 4.78 is 10.7. The fourth-order valence-corrected chi connectivity index (χ4v) is 4.22. The van der Waals surface area contributed by atoms with Gasteiger partial charge in [0.2, 0.25) is 12.7 Å². The lowest BCUT2D eigenvalue weighted by atomic mass is 10.1. The van der Waals surface area contributed by atoms with Gasteiger partial charge in [-0.05, 0) is 24.3 Å². The topological polar surface area (TPSA) is 80.8 Å². The monoisotopic (exact) mass is 419 g/mol. The molecule has 3 heterocycles. The Hall–Kier alpha value is -3.65. The molecule has 5 rings (SSSR count). The molecule has 150 valence electrons. The molecule has 0 spiro atoms. The number of nitrogens with zero attached hydrogens (tertiary/aromatic N) is 2. The van der Waals surface area contributed by atoms with Crippen LogP contribution >= 0.6 is 11.3 Å². The molecule has 2 aliphatic rings. The molecule has 7 nitrogen and oxygen atoms in total. The minimum Gasteiger partial charge on any atom is -0.454 e. The predicted molar refractivity (Wildman–Crippen MR) is 113 cm³/mol. The zero-order valence-corrected chi connectivity index (χ0v) is 16.7. The van der Waals surface area contributed by atoms with Crippen molar-refractivity contribution >= 4 is 34.0 Å². The quantitative estimate of drug-likeness (QED) is 0.676. The van der Waals surface area contributed by atoms with Gasteiger partial charge in [-0.15, -0.1) is 11.3 Å². The van der Waals surface area contributed by atoms with Crippen molar-refractivity contribution in [3.63, 3.8) is 0 Å². The number of fused-ring (bicyclic) bond motifs is 2. The van der Waals surface area contributed by atoms with Crippen LogP contribution in [-0.4, -0.2) is 35.0 Å². The highest BCUT2D eigenvalue weighted by Crippen LogP contribution is 2.36. The van der Waals surface area contributed by atoms with Crippen LogP contribution in [0.15, 0.2) is 54.4 Å². The number of rotatable bonds is 5. The highest BCUT2D eigenvalue weighted by Gasteiger charge is 2.30. The summed E-state index contributed by atoms with van der Waals surface area (Å²) in [5, 5.41) is 5.18. The molecule has 0 radical (unpaired) electrons. The van der Waals surface area contributed by atoms with Gasteiger partial charge in [0.15, 0.2) is 16.6 Å². The number of thiazole rings is 1. The summed E-state index contributed by atoms with van der Waals surface area (Å²) in [6.45, 7) is 4.47. The smallest absolute Gasteiger partial charge is 0.258 e. The van der Waals surface area contributed by atoms with Crippen molar-refractivity contribution in [2.45, 2.75) is 6.42 Å². The maximum Gasteiger partial charge on any atom is 0.258 e. The lowest BCUT2D eigenvalue weighted by Crippen LogP contribution is -2.27. The minimum atomic E-state index is -0.210. The maximum atomic E-state index is 12.5. The molecule has 2 amide bonds. The standard InChI is InChI=1S/C22H17N3O4S/c1-13-15-4-2-3-5-16(15)21(27)25(13)9-8-20(26)24-22-23-17(11-30-22)14-6-7-18-19(10-14)29-12-28-18/h2-7,10-11H,1,8-9,12H2,(H,23,24,26). The Morgan fingerprint density at radius 1 is 1.17 bits per heavy atom. The van der Waals surface area contributed by atoms with Crippen molar-refractivity contribution in [3.8, 4) is 22.8 Å². The first-order valence-corrected chi connectivity index (χ1v) is 10.2. The Balaban J connectivity index is 1.21. The highest BCUT2D eigenvalue weighted by molar-refractivity contribution is 7.14.